The van der Waals surface area contributed by atoms with Gasteiger partial charge in [-0.05, 0) is 62.9 Å². The number of aliphatic hydroxyl groups is 2. The number of hydrogen-bond donors (Lipinski definition) is 4. The Morgan fingerprint density at radius 3 is 2.86 bits per heavy atom. The highest BCUT2D eigenvalue weighted by Crippen LogP contribution is 2.37. The van der Waals surface area contributed by atoms with Crippen molar-refractivity contribution < 1.29 is 14.9 Å². The largest absolute Gasteiger partial charge is 0.387 e. The van der Waals surface area contributed by atoms with Crippen molar-refractivity contribution in [3.63, 3.8) is 0 Å². The van der Waals surface area contributed by atoms with Crippen LogP contribution in [-0.2, 0) is 11.2 Å². The molecule has 4 aromatic rings. The van der Waals surface area contributed by atoms with E-state index in [0.717, 1.165) is 53.1 Å². The molecule has 196 valence electrons. The van der Waals surface area contributed by atoms with Crippen molar-refractivity contribution in [3.8, 4) is 0 Å². The van der Waals surface area contributed by atoms with Crippen molar-refractivity contribution >= 4 is 39.5 Å². The number of benzene rings is 1. The quantitative estimate of drug-likeness (QED) is 0.289. The lowest BCUT2D eigenvalue weighted by Gasteiger charge is -2.42. The first-order chi connectivity index (χ1) is 17.8. The summed E-state index contributed by atoms with van der Waals surface area (Å²) in [5.74, 6) is 2.00. The fourth-order valence-corrected chi connectivity index (χ4v) is 5.84. The van der Waals surface area contributed by atoms with Crippen molar-refractivity contribution in [2.24, 2.45) is 5.92 Å². The minimum atomic E-state index is -1.07. The molecule has 2 fully saturated rings. The number of hydrogen-bond acceptors (Lipinski definition) is 8. The maximum atomic E-state index is 10.7. The van der Waals surface area contributed by atoms with Crippen LogP contribution < -0.4 is 5.73 Å². The van der Waals surface area contributed by atoms with Gasteiger partial charge in [-0.2, -0.15) is 0 Å². The highest BCUT2D eigenvalue weighted by molar-refractivity contribution is 6.32. The lowest BCUT2D eigenvalue weighted by molar-refractivity contribution is -0.0512. The van der Waals surface area contributed by atoms with Crippen LogP contribution in [0.25, 0.3) is 22.1 Å². The van der Waals surface area contributed by atoms with Gasteiger partial charge in [0, 0.05) is 30.2 Å². The van der Waals surface area contributed by atoms with E-state index in [2.05, 4.69) is 26.9 Å². The van der Waals surface area contributed by atoms with E-state index < -0.39 is 24.5 Å². The summed E-state index contributed by atoms with van der Waals surface area (Å²) in [6, 6.07) is 6.19. The highest BCUT2D eigenvalue weighted by atomic mass is 35.5. The summed E-state index contributed by atoms with van der Waals surface area (Å²) in [6.07, 6.45) is 4.00. The summed E-state index contributed by atoms with van der Waals surface area (Å²) in [6.45, 7) is 2.53. The molecule has 0 bridgehead atoms. The number of nitrogens with zero attached hydrogens (tertiary/aromatic N) is 5. The molecule has 4 heterocycles. The molecule has 1 aliphatic carbocycles. The first-order valence-electron chi connectivity index (χ1n) is 12.7. The third-order valence-electron chi connectivity index (χ3n) is 8.05. The summed E-state index contributed by atoms with van der Waals surface area (Å²) in [4.78, 5) is 18.7. The molecular formula is C26H32ClN7O3. The third kappa shape index (κ3) is 4.46. The summed E-state index contributed by atoms with van der Waals surface area (Å²) < 4.78 is 7.86. The second kappa shape index (κ2) is 9.52. The number of nitrogen functional groups attached to an aromatic ring is 1. The van der Waals surface area contributed by atoms with E-state index in [4.69, 9.17) is 27.1 Å². The monoisotopic (exact) mass is 525 g/mol. The first-order valence-corrected chi connectivity index (χ1v) is 13.1. The van der Waals surface area contributed by atoms with E-state index in [9.17, 15) is 10.2 Å². The van der Waals surface area contributed by atoms with Crippen molar-refractivity contribution in [2.45, 2.75) is 63.2 Å². The maximum absolute atomic E-state index is 10.7. The van der Waals surface area contributed by atoms with Crippen LogP contribution in [0.3, 0.4) is 0 Å². The van der Waals surface area contributed by atoms with Crippen LogP contribution in [0, 0.1) is 12.8 Å². The van der Waals surface area contributed by atoms with Gasteiger partial charge in [0.25, 0.3) is 0 Å². The van der Waals surface area contributed by atoms with E-state index in [-0.39, 0.29) is 0 Å². The number of rotatable bonds is 7. The average Bonchev–Trinajstić information content (AvgIpc) is 3.51. The van der Waals surface area contributed by atoms with Crippen LogP contribution >= 0.6 is 11.6 Å². The first kappa shape index (κ1) is 24.6. The number of imidazole rings is 1. The van der Waals surface area contributed by atoms with E-state index in [0.29, 0.717) is 35.4 Å². The van der Waals surface area contributed by atoms with Gasteiger partial charge in [-0.3, -0.25) is 0 Å². The highest BCUT2D eigenvalue weighted by Gasteiger charge is 2.45. The molecule has 4 atom stereocenters. The van der Waals surface area contributed by atoms with Crippen LogP contribution in [0.4, 0.5) is 5.82 Å². The topological polar surface area (TPSA) is 138 Å². The molecular weight excluding hydrogens is 494 g/mol. The van der Waals surface area contributed by atoms with E-state index in [1.807, 2.05) is 19.1 Å². The lowest BCUT2D eigenvalue weighted by atomic mass is 9.76. The molecule has 37 heavy (non-hydrogen) atoms. The Labute approximate surface area is 219 Å². The van der Waals surface area contributed by atoms with Crippen LogP contribution in [0.2, 0.25) is 5.02 Å². The Bertz CT molecular complexity index is 1390. The van der Waals surface area contributed by atoms with Gasteiger partial charge in [0.05, 0.1) is 16.4 Å². The average molecular weight is 526 g/mol. The summed E-state index contributed by atoms with van der Waals surface area (Å²) in [5, 5.41) is 22.9. The Hall–Kier alpha value is -2.76. The number of likely N-dealkylation sites (N-methyl/N-ethyl adjacent to an activating group) is 1. The van der Waals surface area contributed by atoms with Crippen LogP contribution in [-0.4, -0.2) is 77.6 Å². The zero-order valence-electron chi connectivity index (χ0n) is 20.9. The molecule has 1 aromatic carbocycles. The standard InChI is InChI=1S/C26H32ClN7O3/c1-13-7-18-19(10-17(13)27)32-21(31-18)4-3-14-8-15(9-14)33(2)11-20-22(35)23(36)26(37-20)34-6-5-16-24(28)29-12-30-25(16)34/h5-7,10,12,14-15,20,22-23,26,35-36H,3-4,8-9,11H2,1-2H3,(H,31,32)(H2,28,29,30)/t14?,15?,20-,22-,23-,26-/m1/s1. The molecule has 6 rings (SSSR count). The number of aromatic amines is 1. The molecule has 0 spiro atoms. The Kier molecular flexibility index (Phi) is 6.32. The Balaban J connectivity index is 1.02. The van der Waals surface area contributed by atoms with Gasteiger partial charge in [0.1, 0.15) is 41.9 Å². The van der Waals surface area contributed by atoms with Gasteiger partial charge in [0.15, 0.2) is 6.23 Å². The Morgan fingerprint density at radius 2 is 2.05 bits per heavy atom. The number of fused-ring (bicyclic) bond motifs is 2. The molecule has 10 nitrogen and oxygen atoms in total. The predicted molar refractivity (Wildman–Crippen MR) is 141 cm³/mol. The second-order valence-corrected chi connectivity index (χ2v) is 10.9. The number of aliphatic hydroxyl groups excluding tert-OH is 2. The van der Waals surface area contributed by atoms with Gasteiger partial charge >= 0.3 is 0 Å². The summed E-state index contributed by atoms with van der Waals surface area (Å²) in [7, 11) is 2.06. The molecule has 11 heteroatoms. The Morgan fingerprint density at radius 1 is 1.24 bits per heavy atom. The van der Waals surface area contributed by atoms with Gasteiger partial charge in [-0.1, -0.05) is 11.6 Å². The maximum Gasteiger partial charge on any atom is 0.164 e. The molecule has 1 saturated carbocycles. The van der Waals surface area contributed by atoms with E-state index in [1.165, 1.54) is 6.33 Å². The third-order valence-corrected chi connectivity index (χ3v) is 8.46. The van der Waals surface area contributed by atoms with Crippen LogP contribution in [0.15, 0.2) is 30.7 Å². The minimum absolute atomic E-state index is 0.368. The van der Waals surface area contributed by atoms with Gasteiger partial charge in [-0.25, -0.2) is 15.0 Å². The van der Waals surface area contributed by atoms with Crippen molar-refractivity contribution in [1.82, 2.24) is 29.4 Å². The van der Waals surface area contributed by atoms with Crippen molar-refractivity contribution in [2.75, 3.05) is 19.3 Å². The zero-order chi connectivity index (χ0) is 25.8. The number of nitrogens with one attached hydrogen (secondary N) is 1. The van der Waals surface area contributed by atoms with Crippen molar-refractivity contribution in [1.29, 1.82) is 0 Å². The number of ether oxygens (including phenoxy) is 1. The minimum Gasteiger partial charge on any atom is -0.387 e. The van der Waals surface area contributed by atoms with E-state index >= 15 is 0 Å². The fourth-order valence-electron chi connectivity index (χ4n) is 5.69. The smallest absolute Gasteiger partial charge is 0.164 e. The molecule has 0 radical (unpaired) electrons. The van der Waals surface area contributed by atoms with Crippen molar-refractivity contribution in [3.05, 3.63) is 47.1 Å². The lowest BCUT2D eigenvalue weighted by Crippen LogP contribution is -2.47. The zero-order valence-corrected chi connectivity index (χ0v) is 21.6. The number of halogens is 1. The van der Waals surface area contributed by atoms with Crippen LogP contribution in [0.5, 0.6) is 0 Å². The normalized spacial score (nSPS) is 27.9. The number of anilines is 1. The number of aryl methyl sites for hydroxylation is 2. The van der Waals surface area contributed by atoms with Gasteiger partial charge in [-0.15, -0.1) is 0 Å². The molecule has 1 saturated heterocycles. The number of nitrogens with two attached hydrogens (primary N) is 1. The molecule has 3 aromatic heterocycles. The van der Waals surface area contributed by atoms with Gasteiger partial charge < -0.3 is 35.1 Å². The molecule has 0 amide bonds. The van der Waals surface area contributed by atoms with Crippen LogP contribution in [0.1, 0.15) is 36.9 Å². The molecule has 2 aliphatic rings. The fraction of sp³-hybridized carbons (Fsp3) is 0.500. The molecule has 0 unspecified atom stereocenters. The second-order valence-electron chi connectivity index (χ2n) is 10.5. The number of H-pyrrole nitrogens is 1. The van der Waals surface area contributed by atoms with E-state index in [1.54, 1.807) is 16.8 Å². The molecule has 5 N–H and O–H groups in total. The summed E-state index contributed by atoms with van der Waals surface area (Å²) >= 11 is 6.23. The summed E-state index contributed by atoms with van der Waals surface area (Å²) in [5.41, 5.74) is 9.50. The SMILES string of the molecule is Cc1cc2[nH]c(CCC3CC(N(C)C[C@H]4O[C@@H](n5ccc6c(N)ncnc65)[C@H](O)[C@@H]4O)C3)nc2cc1Cl. The predicted octanol–water partition coefficient (Wildman–Crippen LogP) is 2.81. The number of aromatic nitrogens is 5. The molecule has 1 aliphatic heterocycles. The van der Waals surface area contributed by atoms with Gasteiger partial charge in [0.2, 0.25) is 0 Å².